The third kappa shape index (κ3) is 0.570. The zero-order chi connectivity index (χ0) is 4.57. The molecule has 0 spiro atoms. The van der Waals surface area contributed by atoms with E-state index < -0.39 is 0 Å². The van der Waals surface area contributed by atoms with Gasteiger partial charge in [0.15, 0.2) is 0 Å². The van der Waals surface area contributed by atoms with E-state index in [-0.39, 0.29) is 0 Å². The Labute approximate surface area is 42.9 Å². The molecule has 1 nitrogen and oxygen atoms in total. The minimum atomic E-state index is 0.553. The van der Waals surface area contributed by atoms with Gasteiger partial charge in [-0.1, -0.05) is 0 Å². The van der Waals surface area contributed by atoms with Gasteiger partial charge >= 0.3 is 0 Å². The summed E-state index contributed by atoms with van der Waals surface area (Å²) < 4.78 is 0. The van der Waals surface area contributed by atoms with Crippen LogP contribution in [0.25, 0.3) is 0 Å². The molecule has 0 bridgehead atoms. The number of nitrogens with zero attached hydrogens (tertiary/aromatic N) is 1. The van der Waals surface area contributed by atoms with E-state index in [0.717, 1.165) is 11.5 Å². The Hall–Kier alpha value is 0.0200. The summed E-state index contributed by atoms with van der Waals surface area (Å²) in [6.07, 6.45) is 1.09. The van der Waals surface area contributed by atoms with Crippen LogP contribution in [-0.4, -0.2) is 11.1 Å². The van der Waals surface area contributed by atoms with Gasteiger partial charge in [-0.05, 0) is 6.92 Å². The Morgan fingerprint density at radius 2 is 2.50 bits per heavy atom. The van der Waals surface area contributed by atoms with Crippen LogP contribution in [0.15, 0.2) is 4.99 Å². The molecule has 0 N–H and O–H groups in total. The van der Waals surface area contributed by atoms with Gasteiger partial charge in [0, 0.05) is 6.42 Å². The zero-order valence-corrected chi connectivity index (χ0v) is 4.57. The first-order valence-corrected chi connectivity index (χ1v) is 2.49. The lowest BCUT2D eigenvalue weighted by atomic mass is 10.2. The van der Waals surface area contributed by atoms with Crippen LogP contribution >= 0.6 is 12.6 Å². The van der Waals surface area contributed by atoms with Gasteiger partial charge in [-0.2, -0.15) is 0 Å². The molecular weight excluding hydrogens is 94.1 g/mol. The van der Waals surface area contributed by atoms with E-state index in [9.17, 15) is 0 Å². The molecule has 0 aromatic carbocycles. The summed E-state index contributed by atoms with van der Waals surface area (Å²) in [7, 11) is 0. The summed E-state index contributed by atoms with van der Waals surface area (Å²) in [5.74, 6) is 0. The molecule has 2 heteroatoms. The molecule has 0 aliphatic carbocycles. The van der Waals surface area contributed by atoms with Gasteiger partial charge in [0.25, 0.3) is 0 Å². The molecule has 0 fully saturated rings. The zero-order valence-electron chi connectivity index (χ0n) is 3.68. The van der Waals surface area contributed by atoms with E-state index >= 15 is 0 Å². The van der Waals surface area contributed by atoms with Gasteiger partial charge in [-0.25, -0.2) is 0 Å². The lowest BCUT2D eigenvalue weighted by molar-refractivity contribution is 0.727. The molecule has 0 aromatic rings. The SMILES string of the molecule is CC1CC(S)=N1. The van der Waals surface area contributed by atoms with E-state index in [2.05, 4.69) is 24.5 Å². The van der Waals surface area contributed by atoms with Crippen LogP contribution in [0.3, 0.4) is 0 Å². The van der Waals surface area contributed by atoms with Crippen molar-refractivity contribution in [3.8, 4) is 0 Å². The van der Waals surface area contributed by atoms with Crippen LogP contribution < -0.4 is 0 Å². The molecule has 6 heavy (non-hydrogen) atoms. The van der Waals surface area contributed by atoms with Crippen molar-refractivity contribution in [1.82, 2.24) is 0 Å². The molecule has 0 aromatic heterocycles. The second-order valence-corrected chi connectivity index (χ2v) is 2.11. The molecule has 1 heterocycles. The second kappa shape index (κ2) is 1.26. The maximum Gasteiger partial charge on any atom is 0.0670 e. The normalized spacial score (nSPS) is 31.7. The summed E-state index contributed by atoms with van der Waals surface area (Å²) in [6, 6.07) is 0.553. The Morgan fingerprint density at radius 3 is 2.50 bits per heavy atom. The largest absolute Gasteiger partial charge is 0.280 e. The number of thiol groups is 1. The minimum Gasteiger partial charge on any atom is -0.280 e. The molecule has 1 aliphatic heterocycles. The predicted octanol–water partition coefficient (Wildman–Crippen LogP) is 1.11. The third-order valence-corrected chi connectivity index (χ3v) is 1.15. The summed E-state index contributed by atoms with van der Waals surface area (Å²) in [5, 5.41) is 1.00. The standard InChI is InChI=1S/C4H7NS/c1-3-2-4(6)5-3/h3H,2H2,1H3,(H,5,6). The van der Waals surface area contributed by atoms with Crippen molar-refractivity contribution < 1.29 is 0 Å². The summed E-state index contributed by atoms with van der Waals surface area (Å²) >= 11 is 3.99. The molecule has 0 amide bonds. The second-order valence-electron chi connectivity index (χ2n) is 1.60. The van der Waals surface area contributed by atoms with E-state index in [0.29, 0.717) is 6.04 Å². The fourth-order valence-corrected chi connectivity index (χ4v) is 0.966. The first-order valence-electron chi connectivity index (χ1n) is 2.04. The van der Waals surface area contributed by atoms with Crippen molar-refractivity contribution in [2.75, 3.05) is 0 Å². The topological polar surface area (TPSA) is 12.4 Å². The average molecular weight is 101 g/mol. The first-order chi connectivity index (χ1) is 2.79. The van der Waals surface area contributed by atoms with Crippen molar-refractivity contribution >= 4 is 17.7 Å². The molecule has 1 unspecified atom stereocenters. The van der Waals surface area contributed by atoms with Gasteiger partial charge in [0.2, 0.25) is 0 Å². The van der Waals surface area contributed by atoms with Crippen LogP contribution in [0.1, 0.15) is 13.3 Å². The van der Waals surface area contributed by atoms with E-state index in [1.54, 1.807) is 0 Å². The lowest BCUT2D eigenvalue weighted by Crippen LogP contribution is -2.14. The smallest absolute Gasteiger partial charge is 0.0670 e. The Balaban J connectivity index is 2.46. The molecule has 1 atom stereocenters. The van der Waals surface area contributed by atoms with Crippen molar-refractivity contribution in [3.63, 3.8) is 0 Å². The highest BCUT2D eigenvalue weighted by Crippen LogP contribution is 2.12. The van der Waals surface area contributed by atoms with Crippen LogP contribution in [0, 0.1) is 0 Å². The molecule has 1 rings (SSSR count). The quantitative estimate of drug-likeness (QED) is 0.439. The number of hydrogen-bond acceptors (Lipinski definition) is 1. The van der Waals surface area contributed by atoms with Gasteiger partial charge < -0.3 is 0 Å². The van der Waals surface area contributed by atoms with Gasteiger partial charge in [-0.15, -0.1) is 12.6 Å². The van der Waals surface area contributed by atoms with Crippen molar-refractivity contribution in [3.05, 3.63) is 0 Å². The highest BCUT2D eigenvalue weighted by molar-refractivity contribution is 7.97. The number of rotatable bonds is 0. The highest BCUT2D eigenvalue weighted by atomic mass is 32.1. The van der Waals surface area contributed by atoms with Crippen molar-refractivity contribution in [2.24, 2.45) is 4.99 Å². The van der Waals surface area contributed by atoms with Gasteiger partial charge in [0.1, 0.15) is 0 Å². The van der Waals surface area contributed by atoms with Gasteiger partial charge in [-0.3, -0.25) is 4.99 Å². The van der Waals surface area contributed by atoms with Gasteiger partial charge in [0.05, 0.1) is 11.1 Å². The maximum atomic E-state index is 4.00. The maximum absolute atomic E-state index is 4.00. The lowest BCUT2D eigenvalue weighted by Gasteiger charge is -2.14. The fraction of sp³-hybridized carbons (Fsp3) is 0.750. The summed E-state index contributed by atoms with van der Waals surface area (Å²) in [4.78, 5) is 4.00. The minimum absolute atomic E-state index is 0.553. The van der Waals surface area contributed by atoms with E-state index in [1.165, 1.54) is 0 Å². The molecule has 34 valence electrons. The molecular formula is C4H7NS. The molecule has 0 radical (unpaired) electrons. The van der Waals surface area contributed by atoms with Crippen LogP contribution in [-0.2, 0) is 0 Å². The molecule has 0 saturated carbocycles. The molecule has 0 saturated heterocycles. The highest BCUT2D eigenvalue weighted by Gasteiger charge is 2.10. The Kier molecular flexibility index (Phi) is 0.880. The van der Waals surface area contributed by atoms with Crippen LogP contribution in [0.5, 0.6) is 0 Å². The molecule has 1 aliphatic rings. The van der Waals surface area contributed by atoms with Crippen molar-refractivity contribution in [1.29, 1.82) is 0 Å². The van der Waals surface area contributed by atoms with Crippen LogP contribution in [0.4, 0.5) is 0 Å². The summed E-state index contributed by atoms with van der Waals surface area (Å²) in [6.45, 7) is 2.08. The number of hydrogen-bond donors (Lipinski definition) is 1. The fourth-order valence-electron chi connectivity index (χ4n) is 0.505. The monoisotopic (exact) mass is 101 g/mol. The third-order valence-electron chi connectivity index (χ3n) is 0.847. The Bertz CT molecular complexity index is 87.5. The van der Waals surface area contributed by atoms with E-state index in [1.807, 2.05) is 0 Å². The van der Waals surface area contributed by atoms with E-state index in [4.69, 9.17) is 0 Å². The Morgan fingerprint density at radius 1 is 2.00 bits per heavy atom. The average Bonchev–Trinajstić information content (AvgIpc) is 1.33. The van der Waals surface area contributed by atoms with Crippen LogP contribution in [0.2, 0.25) is 0 Å². The van der Waals surface area contributed by atoms with Crippen molar-refractivity contribution in [2.45, 2.75) is 19.4 Å². The summed E-state index contributed by atoms with van der Waals surface area (Å²) in [5.41, 5.74) is 0. The first kappa shape index (κ1) is 4.19. The number of aliphatic imine (C=N–C) groups is 1. The predicted molar refractivity (Wildman–Crippen MR) is 30.5 cm³/mol.